The van der Waals surface area contributed by atoms with E-state index in [9.17, 15) is 14.4 Å². The van der Waals surface area contributed by atoms with Crippen LogP contribution in [0.15, 0.2) is 66.9 Å². The highest BCUT2D eigenvalue weighted by atomic mass is 19.1. The van der Waals surface area contributed by atoms with Crippen molar-refractivity contribution >= 4 is 5.78 Å². The second kappa shape index (κ2) is 5.66. The number of carbonyl (C=O) groups is 1. The number of hydrogen-bond acceptors (Lipinski definition) is 2. The third kappa shape index (κ3) is 2.40. The lowest BCUT2D eigenvalue weighted by atomic mass is 10.0. The van der Waals surface area contributed by atoms with Gasteiger partial charge in [-0.05, 0) is 23.8 Å². The first-order valence-electron chi connectivity index (χ1n) is 6.68. The van der Waals surface area contributed by atoms with Crippen LogP contribution in [-0.2, 0) is 0 Å². The molecule has 0 saturated heterocycles. The standard InChI is InChI=1S/C18H11FN2O/c19-15-8-6-13(7-9-15)16-10-11-21(12-20)17(16)18(22)14-4-2-1-3-5-14/h1-11H. The van der Waals surface area contributed by atoms with Crippen LogP contribution < -0.4 is 0 Å². The molecule has 0 fully saturated rings. The van der Waals surface area contributed by atoms with E-state index in [-0.39, 0.29) is 17.3 Å². The van der Waals surface area contributed by atoms with E-state index in [1.165, 1.54) is 22.9 Å². The van der Waals surface area contributed by atoms with Crippen molar-refractivity contribution in [2.24, 2.45) is 0 Å². The molecule has 1 heterocycles. The molecule has 3 aromatic rings. The van der Waals surface area contributed by atoms with Gasteiger partial charge in [0.15, 0.2) is 6.19 Å². The summed E-state index contributed by atoms with van der Waals surface area (Å²) in [7, 11) is 0. The van der Waals surface area contributed by atoms with Crippen LogP contribution in [0.1, 0.15) is 16.1 Å². The fourth-order valence-electron chi connectivity index (χ4n) is 2.34. The maximum absolute atomic E-state index is 13.1. The van der Waals surface area contributed by atoms with Gasteiger partial charge in [-0.15, -0.1) is 0 Å². The second-order valence-corrected chi connectivity index (χ2v) is 4.75. The van der Waals surface area contributed by atoms with Gasteiger partial charge < -0.3 is 0 Å². The average molecular weight is 290 g/mol. The highest BCUT2D eigenvalue weighted by molar-refractivity contribution is 6.12. The third-order valence-electron chi connectivity index (χ3n) is 3.40. The minimum atomic E-state index is -0.348. The molecule has 4 heteroatoms. The topological polar surface area (TPSA) is 45.8 Å². The van der Waals surface area contributed by atoms with Crippen molar-refractivity contribution in [1.82, 2.24) is 4.57 Å². The van der Waals surface area contributed by atoms with Gasteiger partial charge in [0.1, 0.15) is 11.5 Å². The highest BCUT2D eigenvalue weighted by Gasteiger charge is 2.19. The first-order valence-corrected chi connectivity index (χ1v) is 6.68. The molecule has 0 aliphatic heterocycles. The first-order chi connectivity index (χ1) is 10.7. The zero-order chi connectivity index (χ0) is 15.5. The summed E-state index contributed by atoms with van der Waals surface area (Å²) in [6.45, 7) is 0. The van der Waals surface area contributed by atoms with Crippen molar-refractivity contribution in [2.75, 3.05) is 0 Å². The van der Waals surface area contributed by atoms with Crippen molar-refractivity contribution in [3.63, 3.8) is 0 Å². The normalized spacial score (nSPS) is 10.2. The summed E-state index contributed by atoms with van der Waals surface area (Å²) in [5.74, 6) is -0.592. The zero-order valence-corrected chi connectivity index (χ0v) is 11.5. The van der Waals surface area contributed by atoms with Crippen LogP contribution in [0.2, 0.25) is 0 Å². The average Bonchev–Trinajstić information content (AvgIpc) is 2.99. The number of hydrogen-bond donors (Lipinski definition) is 0. The van der Waals surface area contributed by atoms with Gasteiger partial charge in [0.05, 0.1) is 0 Å². The summed E-state index contributed by atoms with van der Waals surface area (Å²) in [6, 6.07) is 16.3. The minimum absolute atomic E-state index is 0.244. The number of nitriles is 1. The quantitative estimate of drug-likeness (QED) is 0.688. The Morgan fingerprint density at radius 3 is 2.32 bits per heavy atom. The van der Waals surface area contributed by atoms with Gasteiger partial charge in [-0.2, -0.15) is 5.26 Å². The van der Waals surface area contributed by atoms with E-state index in [1.54, 1.807) is 42.5 Å². The number of rotatable bonds is 3. The van der Waals surface area contributed by atoms with Crippen LogP contribution >= 0.6 is 0 Å². The maximum Gasteiger partial charge on any atom is 0.211 e. The van der Waals surface area contributed by atoms with Crippen molar-refractivity contribution < 1.29 is 9.18 Å². The molecule has 0 amide bonds. The fraction of sp³-hybridized carbons (Fsp3) is 0. The number of carbonyl (C=O) groups excluding carboxylic acids is 1. The molecular weight excluding hydrogens is 279 g/mol. The predicted molar refractivity (Wildman–Crippen MR) is 80.7 cm³/mol. The third-order valence-corrected chi connectivity index (χ3v) is 3.40. The molecular formula is C18H11FN2O. The molecule has 0 radical (unpaired) electrons. The highest BCUT2D eigenvalue weighted by Crippen LogP contribution is 2.27. The largest absolute Gasteiger partial charge is 0.287 e. The number of benzene rings is 2. The van der Waals surface area contributed by atoms with Gasteiger partial charge in [-0.3, -0.25) is 9.36 Å². The van der Waals surface area contributed by atoms with Crippen molar-refractivity contribution in [2.45, 2.75) is 0 Å². The van der Waals surface area contributed by atoms with Crippen molar-refractivity contribution in [3.05, 3.63) is 83.9 Å². The molecule has 0 atom stereocenters. The van der Waals surface area contributed by atoms with E-state index in [1.807, 2.05) is 12.3 Å². The smallest absolute Gasteiger partial charge is 0.211 e. The molecule has 0 aliphatic rings. The van der Waals surface area contributed by atoms with Gasteiger partial charge in [-0.1, -0.05) is 42.5 Å². The summed E-state index contributed by atoms with van der Waals surface area (Å²) >= 11 is 0. The van der Waals surface area contributed by atoms with E-state index >= 15 is 0 Å². The van der Waals surface area contributed by atoms with Crippen LogP contribution in [0.4, 0.5) is 4.39 Å². The molecule has 0 spiro atoms. The minimum Gasteiger partial charge on any atom is -0.287 e. The molecule has 0 bridgehead atoms. The summed E-state index contributed by atoms with van der Waals surface area (Å²) in [5.41, 5.74) is 2.08. The van der Waals surface area contributed by atoms with E-state index in [0.717, 1.165) is 0 Å². The van der Waals surface area contributed by atoms with E-state index in [0.29, 0.717) is 16.7 Å². The Hall–Kier alpha value is -3.19. The number of nitrogens with zero attached hydrogens (tertiary/aromatic N) is 2. The number of aromatic nitrogens is 1. The van der Waals surface area contributed by atoms with Gasteiger partial charge in [0.2, 0.25) is 5.78 Å². The lowest BCUT2D eigenvalue weighted by Crippen LogP contribution is -2.08. The zero-order valence-electron chi connectivity index (χ0n) is 11.5. The lowest BCUT2D eigenvalue weighted by Gasteiger charge is -2.06. The Bertz CT molecular complexity index is 858. The molecule has 2 aromatic carbocycles. The Kier molecular flexibility index (Phi) is 3.55. The van der Waals surface area contributed by atoms with E-state index in [2.05, 4.69) is 0 Å². The van der Waals surface area contributed by atoms with Gasteiger partial charge in [0.25, 0.3) is 0 Å². The SMILES string of the molecule is N#Cn1ccc(-c2ccc(F)cc2)c1C(=O)c1ccccc1. The summed E-state index contributed by atoms with van der Waals surface area (Å²) in [5, 5.41) is 9.22. The Morgan fingerprint density at radius 1 is 1.00 bits per heavy atom. The molecule has 106 valence electrons. The summed E-state index contributed by atoms with van der Waals surface area (Å²) in [4.78, 5) is 12.7. The molecule has 0 N–H and O–H groups in total. The monoisotopic (exact) mass is 290 g/mol. The molecule has 0 unspecified atom stereocenters. The van der Waals surface area contributed by atoms with Crippen LogP contribution in [0.5, 0.6) is 0 Å². The Balaban J connectivity index is 2.15. The van der Waals surface area contributed by atoms with Crippen LogP contribution in [0, 0.1) is 17.3 Å². The summed E-state index contributed by atoms with van der Waals surface area (Å²) < 4.78 is 14.3. The second-order valence-electron chi connectivity index (χ2n) is 4.75. The molecule has 1 aromatic heterocycles. The number of halogens is 1. The van der Waals surface area contributed by atoms with Crippen LogP contribution in [0.3, 0.4) is 0 Å². The predicted octanol–water partition coefficient (Wildman–Crippen LogP) is 3.85. The Morgan fingerprint density at radius 2 is 1.68 bits per heavy atom. The van der Waals surface area contributed by atoms with E-state index < -0.39 is 0 Å². The van der Waals surface area contributed by atoms with Gasteiger partial charge >= 0.3 is 0 Å². The molecule has 3 nitrogen and oxygen atoms in total. The van der Waals surface area contributed by atoms with Gasteiger partial charge in [-0.25, -0.2) is 4.39 Å². The van der Waals surface area contributed by atoms with Crippen molar-refractivity contribution in [3.8, 4) is 17.3 Å². The molecule has 3 rings (SSSR count). The lowest BCUT2D eigenvalue weighted by molar-refractivity contribution is 0.103. The van der Waals surface area contributed by atoms with Crippen LogP contribution in [0.25, 0.3) is 11.1 Å². The summed E-state index contributed by atoms with van der Waals surface area (Å²) in [6.07, 6.45) is 3.51. The maximum atomic E-state index is 13.1. The fourth-order valence-corrected chi connectivity index (χ4v) is 2.34. The van der Waals surface area contributed by atoms with Crippen molar-refractivity contribution in [1.29, 1.82) is 5.26 Å². The van der Waals surface area contributed by atoms with E-state index in [4.69, 9.17) is 0 Å². The Labute approximate surface area is 126 Å². The molecule has 0 aliphatic carbocycles. The number of ketones is 1. The van der Waals surface area contributed by atoms with Crippen LogP contribution in [-0.4, -0.2) is 10.4 Å². The molecule has 0 saturated carbocycles. The molecule has 22 heavy (non-hydrogen) atoms. The van der Waals surface area contributed by atoms with Gasteiger partial charge in [0, 0.05) is 17.3 Å². The first kappa shape index (κ1) is 13.8.